The summed E-state index contributed by atoms with van der Waals surface area (Å²) in [5.74, 6) is 0. The summed E-state index contributed by atoms with van der Waals surface area (Å²) in [6, 6.07) is 9.41. The lowest BCUT2D eigenvalue weighted by Gasteiger charge is -2.38. The van der Waals surface area contributed by atoms with Gasteiger partial charge in [-0.2, -0.15) is 0 Å². The van der Waals surface area contributed by atoms with Gasteiger partial charge in [-0.05, 0) is 44.7 Å². The summed E-state index contributed by atoms with van der Waals surface area (Å²) in [5.41, 5.74) is 2.92. The van der Waals surface area contributed by atoms with Crippen LogP contribution in [0.1, 0.15) is 142 Å². The normalized spacial score (nSPS) is 11.5. The molecule has 0 unspecified atom stereocenters. The van der Waals surface area contributed by atoms with Crippen molar-refractivity contribution in [1.82, 2.24) is 4.48 Å². The van der Waals surface area contributed by atoms with Crippen molar-refractivity contribution in [3.63, 3.8) is 0 Å². The Kier molecular flexibility index (Phi) is 21.1. The van der Waals surface area contributed by atoms with E-state index in [0.29, 0.717) is 0 Å². The molecule has 2 nitrogen and oxygen atoms in total. The monoisotopic (exact) mass is 461 g/mol. The van der Waals surface area contributed by atoms with Crippen LogP contribution in [0.2, 0.25) is 0 Å². The van der Waals surface area contributed by atoms with Gasteiger partial charge < -0.3 is 5.48 Å². The van der Waals surface area contributed by atoms with Crippen molar-refractivity contribution in [2.75, 3.05) is 19.6 Å². The van der Waals surface area contributed by atoms with Crippen molar-refractivity contribution in [3.8, 4) is 0 Å². The molecule has 0 aliphatic heterocycles. The van der Waals surface area contributed by atoms with Crippen molar-refractivity contribution < 1.29 is 5.48 Å². The quantitative estimate of drug-likeness (QED) is 0.125. The van der Waals surface area contributed by atoms with Crippen LogP contribution in [0.5, 0.6) is 0 Å². The minimum absolute atomic E-state index is 0. The van der Waals surface area contributed by atoms with Gasteiger partial charge >= 0.3 is 0 Å². The molecule has 0 heterocycles. The van der Waals surface area contributed by atoms with Crippen molar-refractivity contribution in [2.45, 2.75) is 143 Å². The first-order valence-corrected chi connectivity index (χ1v) is 14.6. The third-order valence-electron chi connectivity index (χ3n) is 7.32. The molecule has 0 saturated carbocycles. The second-order valence-corrected chi connectivity index (χ2v) is 10.5. The van der Waals surface area contributed by atoms with Crippen LogP contribution in [-0.2, 0) is 0 Å². The Morgan fingerprint density at radius 3 is 1.18 bits per heavy atom. The third kappa shape index (κ3) is 14.9. The number of quaternary nitrogens is 1. The highest BCUT2D eigenvalue weighted by atomic mass is 16.0. The summed E-state index contributed by atoms with van der Waals surface area (Å²) in [6.45, 7) is 13.1. The van der Waals surface area contributed by atoms with Crippen LogP contribution in [0.15, 0.2) is 24.3 Å². The molecule has 0 fully saturated rings. The van der Waals surface area contributed by atoms with Crippen LogP contribution in [0.25, 0.3) is 0 Å². The van der Waals surface area contributed by atoms with Crippen LogP contribution in [0.3, 0.4) is 0 Å². The fourth-order valence-electron chi connectivity index (χ4n) is 5.40. The molecule has 0 radical (unpaired) electrons. The summed E-state index contributed by atoms with van der Waals surface area (Å²) in [4.78, 5) is 0. The second kappa shape index (κ2) is 21.7. The predicted molar refractivity (Wildman–Crippen MR) is 150 cm³/mol. The molecule has 0 amide bonds. The molecule has 1 N–H and O–H groups in total. The van der Waals surface area contributed by atoms with Gasteiger partial charge in [0.15, 0.2) is 0 Å². The van der Waals surface area contributed by atoms with Crippen molar-refractivity contribution in [1.29, 1.82) is 0 Å². The van der Waals surface area contributed by atoms with Gasteiger partial charge in [0.2, 0.25) is 0 Å². The Balaban J connectivity index is 0.0000102. The van der Waals surface area contributed by atoms with Gasteiger partial charge in [0.05, 0.1) is 19.6 Å². The maximum atomic E-state index is 2.40. The Hall–Kier alpha value is -0.860. The van der Waals surface area contributed by atoms with Crippen molar-refractivity contribution in [2.24, 2.45) is 0 Å². The van der Waals surface area contributed by atoms with Gasteiger partial charge in [-0.1, -0.05) is 128 Å². The summed E-state index contributed by atoms with van der Waals surface area (Å²) >= 11 is 0. The molecule has 194 valence electrons. The van der Waals surface area contributed by atoms with E-state index < -0.39 is 0 Å². The summed E-state index contributed by atoms with van der Waals surface area (Å²) < 4.78 is 1.20. The topological polar surface area (TPSA) is 30.0 Å². The van der Waals surface area contributed by atoms with E-state index >= 15 is 0 Å². The molecular formula is C31H59NO. The number of nitrogens with zero attached hydrogens (tertiary/aromatic N) is 1. The second-order valence-electron chi connectivity index (χ2n) is 10.5. The SMILES string of the molecule is CCCCCCCCCCCCCCCCCC[N+](CCC)(CCC)c1ccc(C)cc1.[OH-]. The van der Waals surface area contributed by atoms with Gasteiger partial charge in [-0.3, -0.25) is 4.48 Å². The highest BCUT2D eigenvalue weighted by molar-refractivity contribution is 5.44. The zero-order valence-electron chi connectivity index (χ0n) is 23.1. The number of hydrogen-bond acceptors (Lipinski definition) is 1. The lowest BCUT2D eigenvalue weighted by Crippen LogP contribution is -2.51. The zero-order valence-corrected chi connectivity index (χ0v) is 23.1. The highest BCUT2D eigenvalue weighted by Gasteiger charge is 2.27. The molecule has 1 rings (SSSR count). The first-order valence-electron chi connectivity index (χ1n) is 14.6. The van der Waals surface area contributed by atoms with E-state index in [1.54, 1.807) is 5.69 Å². The van der Waals surface area contributed by atoms with E-state index in [0.717, 1.165) is 0 Å². The maximum absolute atomic E-state index is 2.40. The van der Waals surface area contributed by atoms with Crippen LogP contribution >= 0.6 is 0 Å². The molecule has 33 heavy (non-hydrogen) atoms. The predicted octanol–water partition coefficient (Wildman–Crippen LogP) is 10.2. The van der Waals surface area contributed by atoms with Gasteiger partial charge in [0.25, 0.3) is 0 Å². The molecule has 1 aromatic rings. The lowest BCUT2D eigenvalue weighted by atomic mass is 10.0. The van der Waals surface area contributed by atoms with Crippen LogP contribution in [0.4, 0.5) is 5.69 Å². The number of hydrogen-bond donors (Lipinski definition) is 0. The molecule has 0 bridgehead atoms. The number of unbranched alkanes of at least 4 members (excludes halogenated alkanes) is 15. The Labute approximate surface area is 208 Å². The van der Waals surface area contributed by atoms with Crippen molar-refractivity contribution in [3.05, 3.63) is 29.8 Å². The minimum atomic E-state index is 0. The van der Waals surface area contributed by atoms with E-state index in [-0.39, 0.29) is 5.48 Å². The Morgan fingerprint density at radius 2 is 0.818 bits per heavy atom. The van der Waals surface area contributed by atoms with Crippen LogP contribution in [0, 0.1) is 6.92 Å². The van der Waals surface area contributed by atoms with E-state index in [1.165, 1.54) is 145 Å². The average molecular weight is 462 g/mol. The van der Waals surface area contributed by atoms with Gasteiger partial charge in [0, 0.05) is 0 Å². The smallest absolute Gasteiger partial charge is 0.132 e. The Morgan fingerprint density at radius 1 is 0.455 bits per heavy atom. The van der Waals surface area contributed by atoms with Crippen LogP contribution in [-0.4, -0.2) is 25.1 Å². The van der Waals surface area contributed by atoms with E-state index in [2.05, 4.69) is 52.0 Å². The molecule has 0 saturated heterocycles. The first-order chi connectivity index (χ1) is 15.7. The molecule has 0 aromatic heterocycles. The van der Waals surface area contributed by atoms with Crippen molar-refractivity contribution >= 4 is 5.69 Å². The number of rotatable bonds is 22. The molecule has 1 aromatic carbocycles. The molecular weight excluding hydrogens is 402 g/mol. The fraction of sp³-hybridized carbons (Fsp3) is 0.806. The molecule has 0 aliphatic carbocycles. The zero-order chi connectivity index (χ0) is 23.3. The van der Waals surface area contributed by atoms with Crippen LogP contribution < -0.4 is 4.48 Å². The minimum Gasteiger partial charge on any atom is -0.870 e. The highest BCUT2D eigenvalue weighted by Crippen LogP contribution is 2.26. The summed E-state index contributed by atoms with van der Waals surface area (Å²) in [5, 5.41) is 0. The van der Waals surface area contributed by atoms with Gasteiger partial charge in [-0.15, -0.1) is 0 Å². The lowest BCUT2D eigenvalue weighted by molar-refractivity contribution is 0.265. The fourth-order valence-corrected chi connectivity index (χ4v) is 5.40. The third-order valence-corrected chi connectivity index (χ3v) is 7.32. The first kappa shape index (κ1) is 32.1. The maximum Gasteiger partial charge on any atom is 0.132 e. The average Bonchev–Trinajstić information content (AvgIpc) is 2.79. The Bertz CT molecular complexity index is 518. The van der Waals surface area contributed by atoms with E-state index in [1.807, 2.05) is 0 Å². The summed E-state index contributed by atoms with van der Waals surface area (Å²) in [7, 11) is 0. The molecule has 0 aliphatic rings. The van der Waals surface area contributed by atoms with Gasteiger partial charge in [0.1, 0.15) is 5.69 Å². The molecule has 2 heteroatoms. The summed E-state index contributed by atoms with van der Waals surface area (Å²) in [6.07, 6.45) is 25.7. The van der Waals surface area contributed by atoms with Gasteiger partial charge in [-0.25, -0.2) is 0 Å². The standard InChI is InChI=1S/C31H58N.H2O/c1-5-8-9-10-11-12-13-14-15-16-17-18-19-20-21-22-29-32(27-6-2,28-7-3)31-25-23-30(4)24-26-31;/h23-26H,5-22,27-29H2,1-4H3;1H2/q+1;/p-1. The van der Waals surface area contributed by atoms with E-state index in [4.69, 9.17) is 0 Å². The molecule has 0 spiro atoms. The number of benzene rings is 1. The van der Waals surface area contributed by atoms with E-state index in [9.17, 15) is 0 Å². The largest absolute Gasteiger partial charge is 0.870 e. The molecule has 0 atom stereocenters. The number of aryl methyl sites for hydroxylation is 1.